The number of amidine groups is 1. The van der Waals surface area contributed by atoms with Crippen molar-refractivity contribution in [1.82, 2.24) is 4.98 Å². The van der Waals surface area contributed by atoms with Gasteiger partial charge in [-0.05, 0) is 31.2 Å². The second-order valence-electron chi connectivity index (χ2n) is 5.97. The number of benzene rings is 1. The lowest BCUT2D eigenvalue weighted by atomic mass is 10.0. The molecular weight excluding hydrogens is 260 g/mol. The van der Waals surface area contributed by atoms with E-state index in [0.29, 0.717) is 0 Å². The molecule has 1 aliphatic rings. The van der Waals surface area contributed by atoms with Gasteiger partial charge in [0.2, 0.25) is 0 Å². The van der Waals surface area contributed by atoms with Crippen molar-refractivity contribution in [2.24, 2.45) is 11.7 Å². The molecule has 0 saturated carbocycles. The highest BCUT2D eigenvalue weighted by molar-refractivity contribution is 6.07. The van der Waals surface area contributed by atoms with Crippen LogP contribution < -0.4 is 10.6 Å². The lowest BCUT2D eigenvalue weighted by Crippen LogP contribution is -2.28. The molecule has 0 spiro atoms. The summed E-state index contributed by atoms with van der Waals surface area (Å²) in [6, 6.07) is 8.12. The van der Waals surface area contributed by atoms with Crippen LogP contribution in [0.4, 0.5) is 5.69 Å². The lowest BCUT2D eigenvalue weighted by molar-refractivity contribution is 0.521. The van der Waals surface area contributed by atoms with Crippen molar-refractivity contribution < 1.29 is 0 Å². The Bertz CT molecular complexity index is 665. The molecule has 2 aromatic rings. The largest absolute Gasteiger partial charge is 0.384 e. The first kappa shape index (κ1) is 13.9. The first-order chi connectivity index (χ1) is 10.2. The van der Waals surface area contributed by atoms with Crippen LogP contribution in [0, 0.1) is 11.3 Å². The number of nitrogens with one attached hydrogen (secondary N) is 1. The molecule has 1 aliphatic heterocycles. The molecule has 1 fully saturated rings. The number of para-hydroxylation sites is 1. The third-order valence-electron chi connectivity index (χ3n) is 4.37. The highest BCUT2D eigenvalue weighted by atomic mass is 15.1. The minimum atomic E-state index is 0.0977. The van der Waals surface area contributed by atoms with Crippen LogP contribution in [0.25, 0.3) is 10.9 Å². The highest BCUT2D eigenvalue weighted by Crippen LogP contribution is 2.31. The molecule has 4 nitrogen and oxygen atoms in total. The molecule has 1 unspecified atom stereocenters. The molecule has 21 heavy (non-hydrogen) atoms. The Balaban J connectivity index is 2.13. The van der Waals surface area contributed by atoms with Crippen LogP contribution in [-0.4, -0.2) is 23.9 Å². The van der Waals surface area contributed by atoms with Crippen LogP contribution in [0.3, 0.4) is 0 Å². The van der Waals surface area contributed by atoms with E-state index in [1.165, 1.54) is 19.3 Å². The smallest absolute Gasteiger partial charge is 0.126 e. The summed E-state index contributed by atoms with van der Waals surface area (Å²) in [5.41, 5.74) is 8.60. The van der Waals surface area contributed by atoms with Gasteiger partial charge in [0, 0.05) is 24.7 Å². The molecule has 1 atom stereocenters. The Morgan fingerprint density at radius 2 is 2.10 bits per heavy atom. The summed E-state index contributed by atoms with van der Waals surface area (Å²) in [5, 5.41) is 8.97. The van der Waals surface area contributed by atoms with E-state index in [2.05, 4.69) is 22.9 Å². The van der Waals surface area contributed by atoms with Crippen LogP contribution in [0.1, 0.15) is 31.7 Å². The fraction of sp³-hybridized carbons (Fsp3) is 0.412. The molecule has 0 radical (unpaired) electrons. The van der Waals surface area contributed by atoms with E-state index < -0.39 is 0 Å². The van der Waals surface area contributed by atoms with Gasteiger partial charge in [-0.3, -0.25) is 10.4 Å². The zero-order valence-corrected chi connectivity index (χ0v) is 12.5. The zero-order chi connectivity index (χ0) is 14.8. The third-order valence-corrected chi connectivity index (χ3v) is 4.37. The summed E-state index contributed by atoms with van der Waals surface area (Å²) < 4.78 is 0. The standard InChI is InChI=1S/C17H22N4/c1-12-5-4-9-21(10-8-12)16-13-6-2-3-7-15(13)20-11-14(16)17(18)19/h2-3,6-7,11-12H,4-5,8-10H2,1H3,(H3,18,19). The van der Waals surface area contributed by atoms with Gasteiger partial charge < -0.3 is 10.6 Å². The van der Waals surface area contributed by atoms with E-state index in [4.69, 9.17) is 11.1 Å². The van der Waals surface area contributed by atoms with Gasteiger partial charge in [-0.1, -0.05) is 25.1 Å². The van der Waals surface area contributed by atoms with Gasteiger partial charge in [0.25, 0.3) is 0 Å². The molecule has 0 bridgehead atoms. The number of nitrogen functional groups attached to an aromatic ring is 1. The molecule has 110 valence electrons. The van der Waals surface area contributed by atoms with Crippen LogP contribution in [0.15, 0.2) is 30.5 Å². The molecule has 1 saturated heterocycles. The summed E-state index contributed by atoms with van der Waals surface area (Å²) in [5.74, 6) is 0.865. The van der Waals surface area contributed by atoms with Crippen molar-refractivity contribution in [3.05, 3.63) is 36.0 Å². The zero-order valence-electron chi connectivity index (χ0n) is 12.5. The topological polar surface area (TPSA) is 66.0 Å². The van der Waals surface area contributed by atoms with E-state index in [1.54, 1.807) is 6.20 Å². The molecule has 1 aromatic carbocycles. The van der Waals surface area contributed by atoms with Gasteiger partial charge in [-0.25, -0.2) is 0 Å². The number of pyridine rings is 1. The van der Waals surface area contributed by atoms with E-state index in [9.17, 15) is 0 Å². The molecular formula is C17H22N4. The van der Waals surface area contributed by atoms with Gasteiger partial charge in [0.1, 0.15) is 5.84 Å². The van der Waals surface area contributed by atoms with Crippen LogP contribution >= 0.6 is 0 Å². The minimum Gasteiger partial charge on any atom is -0.384 e. The van der Waals surface area contributed by atoms with E-state index in [0.717, 1.165) is 41.2 Å². The maximum Gasteiger partial charge on any atom is 0.126 e. The molecule has 2 heterocycles. The Morgan fingerprint density at radius 3 is 2.90 bits per heavy atom. The first-order valence-electron chi connectivity index (χ1n) is 7.64. The summed E-state index contributed by atoms with van der Waals surface area (Å²) in [6.07, 6.45) is 5.40. The van der Waals surface area contributed by atoms with Gasteiger partial charge in [0.15, 0.2) is 0 Å². The second-order valence-corrected chi connectivity index (χ2v) is 5.97. The van der Waals surface area contributed by atoms with Crippen LogP contribution in [-0.2, 0) is 0 Å². The number of rotatable bonds is 2. The fourth-order valence-corrected chi connectivity index (χ4v) is 3.15. The van der Waals surface area contributed by atoms with Gasteiger partial charge in [0.05, 0.1) is 16.8 Å². The molecule has 4 heteroatoms. The summed E-state index contributed by atoms with van der Waals surface area (Å²) in [4.78, 5) is 6.84. The molecule has 3 rings (SSSR count). The van der Waals surface area contributed by atoms with Crippen molar-refractivity contribution in [2.75, 3.05) is 18.0 Å². The monoisotopic (exact) mass is 282 g/mol. The maximum absolute atomic E-state index is 7.88. The van der Waals surface area contributed by atoms with E-state index in [-0.39, 0.29) is 5.84 Å². The van der Waals surface area contributed by atoms with Gasteiger partial charge in [-0.15, -0.1) is 0 Å². The number of aromatic nitrogens is 1. The minimum absolute atomic E-state index is 0.0977. The van der Waals surface area contributed by atoms with Crippen molar-refractivity contribution in [2.45, 2.75) is 26.2 Å². The number of nitrogens with two attached hydrogens (primary N) is 1. The number of hydrogen-bond donors (Lipinski definition) is 2. The van der Waals surface area contributed by atoms with E-state index >= 15 is 0 Å². The Hall–Kier alpha value is -2.10. The number of hydrogen-bond acceptors (Lipinski definition) is 3. The van der Waals surface area contributed by atoms with Crippen LogP contribution in [0.5, 0.6) is 0 Å². The predicted octanol–water partition coefficient (Wildman–Crippen LogP) is 3.15. The van der Waals surface area contributed by atoms with Crippen molar-refractivity contribution in [1.29, 1.82) is 5.41 Å². The van der Waals surface area contributed by atoms with Gasteiger partial charge in [-0.2, -0.15) is 0 Å². The molecule has 3 N–H and O–H groups in total. The fourth-order valence-electron chi connectivity index (χ4n) is 3.15. The number of anilines is 1. The average Bonchev–Trinajstić information content (AvgIpc) is 2.70. The van der Waals surface area contributed by atoms with Crippen LogP contribution in [0.2, 0.25) is 0 Å². The van der Waals surface area contributed by atoms with E-state index in [1.807, 2.05) is 18.2 Å². The Kier molecular flexibility index (Phi) is 3.78. The van der Waals surface area contributed by atoms with Crippen molar-refractivity contribution >= 4 is 22.4 Å². The quantitative estimate of drug-likeness (QED) is 0.657. The SMILES string of the molecule is CC1CCCN(c2c(C(=N)N)cnc3ccccc23)CC1. The summed E-state index contributed by atoms with van der Waals surface area (Å²) in [6.45, 7) is 4.37. The van der Waals surface area contributed by atoms with Crippen molar-refractivity contribution in [3.63, 3.8) is 0 Å². The Morgan fingerprint density at radius 1 is 1.29 bits per heavy atom. The Labute approximate surface area is 125 Å². The van der Waals surface area contributed by atoms with Crippen molar-refractivity contribution in [3.8, 4) is 0 Å². The number of nitrogens with zero attached hydrogens (tertiary/aromatic N) is 2. The maximum atomic E-state index is 7.88. The highest BCUT2D eigenvalue weighted by Gasteiger charge is 2.20. The summed E-state index contributed by atoms with van der Waals surface area (Å²) in [7, 11) is 0. The lowest BCUT2D eigenvalue weighted by Gasteiger charge is -2.26. The number of fused-ring (bicyclic) bond motifs is 1. The normalized spacial score (nSPS) is 19.5. The predicted molar refractivity (Wildman–Crippen MR) is 88.0 cm³/mol. The average molecular weight is 282 g/mol. The first-order valence-corrected chi connectivity index (χ1v) is 7.64. The summed E-state index contributed by atoms with van der Waals surface area (Å²) >= 11 is 0. The third kappa shape index (κ3) is 2.71. The molecule has 1 aromatic heterocycles. The second kappa shape index (κ2) is 5.72. The van der Waals surface area contributed by atoms with Gasteiger partial charge >= 0.3 is 0 Å². The molecule has 0 amide bonds. The molecule has 0 aliphatic carbocycles.